The molecule has 1 atom stereocenters. The number of hydrogen-bond acceptors (Lipinski definition) is 4. The van der Waals surface area contributed by atoms with Crippen molar-refractivity contribution in [2.75, 3.05) is 38.7 Å². The Hall–Kier alpha value is -0.330. The number of rotatable bonds is 4. The number of carbonyl (C=O) groups excluding carboxylic acids is 1. The van der Waals surface area contributed by atoms with Crippen LogP contribution in [-0.4, -0.2) is 66.5 Å². The van der Waals surface area contributed by atoms with E-state index in [1.165, 1.54) is 0 Å². The first-order valence-corrected chi connectivity index (χ1v) is 9.88. The van der Waals surface area contributed by atoms with E-state index in [0.29, 0.717) is 24.9 Å². The lowest BCUT2D eigenvalue weighted by Crippen LogP contribution is -2.62. The van der Waals surface area contributed by atoms with Crippen molar-refractivity contribution in [1.82, 2.24) is 4.90 Å². The SMILES string of the molecule is O=C(C1CC(F)C1)N1CC2(CC(OCC3CCOCC3)CS2)C1. The summed E-state index contributed by atoms with van der Waals surface area (Å²) in [6.45, 7) is 4.26. The zero-order valence-electron chi connectivity index (χ0n) is 13.5. The van der Waals surface area contributed by atoms with Gasteiger partial charge >= 0.3 is 0 Å². The highest BCUT2D eigenvalue weighted by atomic mass is 32.2. The minimum absolute atomic E-state index is 0.0469. The third-order valence-electron chi connectivity index (χ3n) is 5.78. The third-order valence-corrected chi connectivity index (χ3v) is 7.36. The number of amides is 1. The van der Waals surface area contributed by atoms with Crippen molar-refractivity contribution in [3.05, 3.63) is 0 Å². The van der Waals surface area contributed by atoms with E-state index in [4.69, 9.17) is 9.47 Å². The van der Waals surface area contributed by atoms with Crippen molar-refractivity contribution in [3.63, 3.8) is 0 Å². The predicted molar refractivity (Wildman–Crippen MR) is 87.3 cm³/mol. The summed E-state index contributed by atoms with van der Waals surface area (Å²) >= 11 is 1.97. The van der Waals surface area contributed by atoms with Crippen LogP contribution >= 0.6 is 11.8 Å². The second kappa shape index (κ2) is 6.52. The Balaban J connectivity index is 1.18. The number of hydrogen-bond donors (Lipinski definition) is 0. The minimum atomic E-state index is -0.747. The molecule has 0 bridgehead atoms. The number of halogens is 1. The highest BCUT2D eigenvalue weighted by molar-refractivity contribution is 8.01. The Morgan fingerprint density at radius 2 is 2.04 bits per heavy atom. The van der Waals surface area contributed by atoms with Crippen LogP contribution in [0.25, 0.3) is 0 Å². The molecule has 0 aromatic heterocycles. The Morgan fingerprint density at radius 3 is 2.74 bits per heavy atom. The van der Waals surface area contributed by atoms with E-state index in [9.17, 15) is 9.18 Å². The maximum atomic E-state index is 12.9. The van der Waals surface area contributed by atoms with Crippen LogP contribution in [0.5, 0.6) is 0 Å². The number of alkyl halides is 1. The zero-order valence-corrected chi connectivity index (χ0v) is 14.4. The van der Waals surface area contributed by atoms with Crippen molar-refractivity contribution in [1.29, 1.82) is 0 Å². The zero-order chi connectivity index (χ0) is 15.9. The fourth-order valence-electron chi connectivity index (χ4n) is 4.13. The van der Waals surface area contributed by atoms with E-state index in [0.717, 1.165) is 57.9 Å². The van der Waals surface area contributed by atoms with Gasteiger partial charge in [0.05, 0.1) is 10.9 Å². The van der Waals surface area contributed by atoms with Gasteiger partial charge in [-0.1, -0.05) is 0 Å². The molecule has 6 heteroatoms. The quantitative estimate of drug-likeness (QED) is 0.785. The van der Waals surface area contributed by atoms with Gasteiger partial charge < -0.3 is 14.4 Å². The van der Waals surface area contributed by atoms with Crippen molar-refractivity contribution in [3.8, 4) is 0 Å². The van der Waals surface area contributed by atoms with Gasteiger partial charge in [0.15, 0.2) is 0 Å². The van der Waals surface area contributed by atoms with Crippen LogP contribution < -0.4 is 0 Å². The molecule has 1 aliphatic carbocycles. The fourth-order valence-corrected chi connectivity index (χ4v) is 5.68. The molecule has 1 unspecified atom stereocenters. The molecule has 1 amide bonds. The van der Waals surface area contributed by atoms with Crippen LogP contribution in [0.1, 0.15) is 32.1 Å². The topological polar surface area (TPSA) is 38.8 Å². The van der Waals surface area contributed by atoms with Gasteiger partial charge in [-0.25, -0.2) is 4.39 Å². The molecule has 4 nitrogen and oxygen atoms in total. The number of carbonyl (C=O) groups is 1. The molecule has 3 saturated heterocycles. The summed E-state index contributed by atoms with van der Waals surface area (Å²) in [5.41, 5.74) is 0. The van der Waals surface area contributed by atoms with Gasteiger partial charge in [-0.05, 0) is 38.0 Å². The van der Waals surface area contributed by atoms with Gasteiger partial charge in [-0.15, -0.1) is 11.8 Å². The molecule has 0 N–H and O–H groups in total. The molecule has 4 rings (SSSR count). The summed E-state index contributed by atoms with van der Waals surface area (Å²) in [5, 5.41) is 0. The molecule has 130 valence electrons. The molecular formula is C17H26FNO3S. The van der Waals surface area contributed by atoms with Crippen LogP contribution in [-0.2, 0) is 14.3 Å². The van der Waals surface area contributed by atoms with Crippen molar-refractivity contribution >= 4 is 17.7 Å². The first kappa shape index (κ1) is 16.2. The molecule has 23 heavy (non-hydrogen) atoms. The van der Waals surface area contributed by atoms with Gasteiger partial charge in [0, 0.05) is 44.6 Å². The van der Waals surface area contributed by atoms with Crippen LogP contribution in [0, 0.1) is 11.8 Å². The number of nitrogens with zero attached hydrogens (tertiary/aromatic N) is 1. The number of likely N-dealkylation sites (tertiary alicyclic amines) is 1. The van der Waals surface area contributed by atoms with Gasteiger partial charge in [0.2, 0.25) is 5.91 Å². The van der Waals surface area contributed by atoms with Crippen LogP contribution in [0.15, 0.2) is 0 Å². The van der Waals surface area contributed by atoms with E-state index < -0.39 is 6.17 Å². The largest absolute Gasteiger partial charge is 0.381 e. The Kier molecular flexibility index (Phi) is 4.58. The summed E-state index contributed by atoms with van der Waals surface area (Å²) in [6.07, 6.45) is 3.75. The van der Waals surface area contributed by atoms with Gasteiger partial charge in [0.25, 0.3) is 0 Å². The lowest BCUT2D eigenvalue weighted by molar-refractivity contribution is -0.146. The fraction of sp³-hybridized carbons (Fsp3) is 0.941. The van der Waals surface area contributed by atoms with E-state index in [1.807, 2.05) is 16.7 Å². The van der Waals surface area contributed by atoms with Crippen molar-refractivity contribution in [2.24, 2.45) is 11.8 Å². The van der Waals surface area contributed by atoms with Gasteiger partial charge in [-0.3, -0.25) is 4.79 Å². The predicted octanol–water partition coefficient (Wildman–Crippen LogP) is 2.26. The second-order valence-corrected chi connectivity index (χ2v) is 9.16. The smallest absolute Gasteiger partial charge is 0.225 e. The lowest BCUT2D eigenvalue weighted by atomic mass is 9.80. The summed E-state index contributed by atoms with van der Waals surface area (Å²) in [6, 6.07) is 0. The molecule has 4 aliphatic rings. The van der Waals surface area contributed by atoms with Crippen LogP contribution in [0.3, 0.4) is 0 Å². The van der Waals surface area contributed by atoms with E-state index >= 15 is 0 Å². The third kappa shape index (κ3) is 3.40. The van der Waals surface area contributed by atoms with Gasteiger partial charge in [0.1, 0.15) is 6.17 Å². The van der Waals surface area contributed by atoms with Crippen molar-refractivity contribution in [2.45, 2.75) is 49.1 Å². The molecule has 0 aromatic carbocycles. The monoisotopic (exact) mass is 343 g/mol. The number of ether oxygens (including phenoxy) is 2. The van der Waals surface area contributed by atoms with E-state index in [-0.39, 0.29) is 16.6 Å². The molecule has 0 radical (unpaired) electrons. The molecule has 3 aliphatic heterocycles. The van der Waals surface area contributed by atoms with Crippen LogP contribution in [0.2, 0.25) is 0 Å². The molecule has 3 heterocycles. The first-order chi connectivity index (χ1) is 11.1. The highest BCUT2D eigenvalue weighted by Crippen LogP contribution is 2.47. The lowest BCUT2D eigenvalue weighted by Gasteiger charge is -2.49. The average molecular weight is 343 g/mol. The summed E-state index contributed by atoms with van der Waals surface area (Å²) in [5.74, 6) is 1.82. The average Bonchev–Trinajstić information content (AvgIpc) is 2.93. The standard InChI is InChI=1S/C17H26FNO3S/c18-14-5-13(6-14)16(20)19-10-17(11-19)7-15(9-23-17)22-8-12-1-3-21-4-2-12/h12-15H,1-11H2. The second-order valence-electron chi connectivity index (χ2n) is 7.67. The molecule has 0 aromatic rings. The summed E-state index contributed by atoms with van der Waals surface area (Å²) in [7, 11) is 0. The Morgan fingerprint density at radius 1 is 1.30 bits per heavy atom. The Labute approximate surface area is 141 Å². The van der Waals surface area contributed by atoms with E-state index in [1.54, 1.807) is 0 Å². The van der Waals surface area contributed by atoms with E-state index in [2.05, 4.69) is 0 Å². The molecular weight excluding hydrogens is 317 g/mol. The molecule has 1 spiro atoms. The Bertz CT molecular complexity index is 445. The maximum Gasteiger partial charge on any atom is 0.225 e. The molecule has 4 fully saturated rings. The highest BCUT2D eigenvalue weighted by Gasteiger charge is 2.52. The van der Waals surface area contributed by atoms with Crippen LogP contribution in [0.4, 0.5) is 4.39 Å². The summed E-state index contributed by atoms with van der Waals surface area (Å²) in [4.78, 5) is 14.1. The normalized spacial score (nSPS) is 36.7. The molecule has 1 saturated carbocycles. The number of thioether (sulfide) groups is 1. The summed E-state index contributed by atoms with van der Waals surface area (Å²) < 4.78 is 24.6. The van der Waals surface area contributed by atoms with Crippen molar-refractivity contribution < 1.29 is 18.7 Å². The minimum Gasteiger partial charge on any atom is -0.381 e. The van der Waals surface area contributed by atoms with Gasteiger partial charge in [-0.2, -0.15) is 0 Å². The first-order valence-electron chi connectivity index (χ1n) is 8.90. The maximum absolute atomic E-state index is 12.9.